The standard InChI is InChI=1S/C26H35N7O2/c1-29-14-16-31(17-15-29)13-10-27-24(34)8-5-11-32-25-18-22(28-33(25)12-9-26(32)35)21-19-30(2)23-7-4-3-6-20(21)23/h3-4,6-7,18-19H,5,8-17H2,1-2H3,(H,27,34). The number of benzene rings is 1. The molecule has 0 radical (unpaired) electrons. The number of amides is 2. The fourth-order valence-corrected chi connectivity index (χ4v) is 5.08. The monoisotopic (exact) mass is 477 g/mol. The van der Waals surface area contributed by atoms with Gasteiger partial charge in [0.15, 0.2) is 0 Å². The number of carbonyl (C=O) groups excluding carboxylic acids is 2. The van der Waals surface area contributed by atoms with Crippen molar-refractivity contribution in [2.75, 3.05) is 57.8 Å². The van der Waals surface area contributed by atoms with Crippen LogP contribution in [0.4, 0.5) is 5.82 Å². The number of aryl methyl sites for hydroxylation is 2. The Labute approximate surface area is 206 Å². The molecule has 0 aliphatic carbocycles. The van der Waals surface area contributed by atoms with Gasteiger partial charge in [-0.1, -0.05) is 18.2 Å². The van der Waals surface area contributed by atoms with E-state index in [-0.39, 0.29) is 11.8 Å². The number of carbonyl (C=O) groups is 2. The van der Waals surface area contributed by atoms with Crippen LogP contribution in [-0.2, 0) is 23.2 Å². The number of likely N-dealkylation sites (N-methyl/N-ethyl adjacent to an activating group) is 1. The minimum absolute atomic E-state index is 0.0496. The SMILES string of the molecule is CN1CCN(CCNC(=O)CCCN2C(=O)CCn3nc(-c4cn(C)c5ccccc45)cc32)CC1. The van der Waals surface area contributed by atoms with Crippen LogP contribution in [0, 0.1) is 0 Å². The Hall–Kier alpha value is -3.17. The Kier molecular flexibility index (Phi) is 6.88. The Morgan fingerprint density at radius 3 is 2.69 bits per heavy atom. The van der Waals surface area contributed by atoms with Crippen LogP contribution in [0.5, 0.6) is 0 Å². The molecule has 3 aromatic rings. The molecule has 4 heterocycles. The highest BCUT2D eigenvalue weighted by Gasteiger charge is 2.27. The predicted molar refractivity (Wildman–Crippen MR) is 137 cm³/mol. The maximum Gasteiger partial charge on any atom is 0.229 e. The van der Waals surface area contributed by atoms with Crippen molar-refractivity contribution < 1.29 is 9.59 Å². The second kappa shape index (κ2) is 10.2. The van der Waals surface area contributed by atoms with E-state index in [4.69, 9.17) is 5.10 Å². The van der Waals surface area contributed by atoms with Crippen LogP contribution in [0.2, 0.25) is 0 Å². The van der Waals surface area contributed by atoms with Crippen LogP contribution in [0.25, 0.3) is 22.2 Å². The van der Waals surface area contributed by atoms with Crippen LogP contribution in [-0.4, -0.2) is 88.8 Å². The van der Waals surface area contributed by atoms with E-state index in [1.165, 1.54) is 0 Å². The van der Waals surface area contributed by atoms with Crippen molar-refractivity contribution in [3.8, 4) is 11.3 Å². The smallest absolute Gasteiger partial charge is 0.229 e. The molecule has 9 nitrogen and oxygen atoms in total. The summed E-state index contributed by atoms with van der Waals surface area (Å²) in [4.78, 5) is 31.6. The Morgan fingerprint density at radius 1 is 1.06 bits per heavy atom. The Morgan fingerprint density at radius 2 is 1.86 bits per heavy atom. The van der Waals surface area contributed by atoms with Crippen LogP contribution in [0.3, 0.4) is 0 Å². The number of piperazine rings is 1. The largest absolute Gasteiger partial charge is 0.355 e. The molecule has 1 N–H and O–H groups in total. The van der Waals surface area contributed by atoms with Crippen LogP contribution in [0.1, 0.15) is 19.3 Å². The molecule has 2 amide bonds. The number of anilines is 1. The van der Waals surface area contributed by atoms with Crippen molar-refractivity contribution >= 4 is 28.5 Å². The third kappa shape index (κ3) is 5.11. The molecule has 2 aliphatic heterocycles. The summed E-state index contributed by atoms with van der Waals surface area (Å²) in [5.41, 5.74) is 3.09. The van der Waals surface area contributed by atoms with Crippen molar-refractivity contribution in [2.24, 2.45) is 7.05 Å². The van der Waals surface area contributed by atoms with Crippen molar-refractivity contribution in [2.45, 2.75) is 25.8 Å². The van der Waals surface area contributed by atoms with Crippen molar-refractivity contribution in [3.05, 3.63) is 36.5 Å². The average molecular weight is 478 g/mol. The van der Waals surface area contributed by atoms with E-state index >= 15 is 0 Å². The molecular formula is C26H35N7O2. The third-order valence-electron chi connectivity index (χ3n) is 7.18. The summed E-state index contributed by atoms with van der Waals surface area (Å²) in [5, 5.41) is 9.01. The van der Waals surface area contributed by atoms with Gasteiger partial charge < -0.3 is 14.8 Å². The van der Waals surface area contributed by atoms with E-state index in [2.05, 4.69) is 45.1 Å². The van der Waals surface area contributed by atoms with Gasteiger partial charge in [-0.3, -0.25) is 19.4 Å². The fraction of sp³-hybridized carbons (Fsp3) is 0.500. The lowest BCUT2D eigenvalue weighted by atomic mass is 10.1. The summed E-state index contributed by atoms with van der Waals surface area (Å²) in [6, 6.07) is 10.3. The first-order valence-corrected chi connectivity index (χ1v) is 12.6. The van der Waals surface area contributed by atoms with Gasteiger partial charge in [0.05, 0.1) is 12.2 Å². The van der Waals surface area contributed by atoms with Gasteiger partial charge in [0.2, 0.25) is 11.8 Å². The maximum absolute atomic E-state index is 12.7. The number of hydrogen-bond donors (Lipinski definition) is 1. The predicted octanol–water partition coefficient (Wildman–Crippen LogP) is 1.92. The van der Waals surface area contributed by atoms with Gasteiger partial charge >= 0.3 is 0 Å². The first-order valence-electron chi connectivity index (χ1n) is 12.6. The van der Waals surface area contributed by atoms with Gasteiger partial charge in [0, 0.05) is 94.4 Å². The average Bonchev–Trinajstić information content (AvgIpc) is 3.43. The highest BCUT2D eigenvalue weighted by atomic mass is 16.2. The van der Waals surface area contributed by atoms with E-state index in [0.717, 1.165) is 60.7 Å². The highest BCUT2D eigenvalue weighted by molar-refractivity contribution is 5.98. The lowest BCUT2D eigenvalue weighted by molar-refractivity contribution is -0.122. The molecule has 9 heteroatoms. The summed E-state index contributed by atoms with van der Waals surface area (Å²) >= 11 is 0. The quantitative estimate of drug-likeness (QED) is 0.536. The van der Waals surface area contributed by atoms with Crippen LogP contribution in [0.15, 0.2) is 36.5 Å². The van der Waals surface area contributed by atoms with Gasteiger partial charge in [0.25, 0.3) is 0 Å². The number of nitrogens with one attached hydrogen (secondary N) is 1. The van der Waals surface area contributed by atoms with Crippen molar-refractivity contribution in [3.63, 3.8) is 0 Å². The lowest BCUT2D eigenvalue weighted by Gasteiger charge is -2.32. The Bertz CT molecular complexity index is 1210. The molecule has 0 unspecified atom stereocenters. The number of hydrogen-bond acceptors (Lipinski definition) is 5. The molecule has 1 saturated heterocycles. The molecule has 1 aromatic carbocycles. The van der Waals surface area contributed by atoms with Gasteiger partial charge in [-0.05, 0) is 19.5 Å². The molecule has 0 atom stereocenters. The molecule has 35 heavy (non-hydrogen) atoms. The lowest BCUT2D eigenvalue weighted by Crippen LogP contribution is -2.46. The summed E-state index contributed by atoms with van der Waals surface area (Å²) < 4.78 is 4.03. The van der Waals surface area contributed by atoms with Crippen molar-refractivity contribution in [1.82, 2.24) is 29.5 Å². The second-order valence-corrected chi connectivity index (χ2v) is 9.68. The van der Waals surface area contributed by atoms with E-state index in [1.807, 2.05) is 29.9 Å². The van der Waals surface area contributed by atoms with E-state index in [9.17, 15) is 9.59 Å². The molecular weight excluding hydrogens is 442 g/mol. The minimum Gasteiger partial charge on any atom is -0.355 e. The molecule has 2 aromatic heterocycles. The first-order chi connectivity index (χ1) is 17.0. The summed E-state index contributed by atoms with van der Waals surface area (Å²) in [7, 11) is 4.18. The third-order valence-corrected chi connectivity index (χ3v) is 7.18. The molecule has 0 spiro atoms. The number of rotatable bonds is 8. The van der Waals surface area contributed by atoms with E-state index in [1.54, 1.807) is 4.90 Å². The Balaban J connectivity index is 1.17. The molecule has 0 bridgehead atoms. The summed E-state index contributed by atoms with van der Waals surface area (Å²) in [6.45, 7) is 6.93. The van der Waals surface area contributed by atoms with E-state index in [0.29, 0.717) is 38.9 Å². The zero-order valence-corrected chi connectivity index (χ0v) is 20.7. The summed E-state index contributed by atoms with van der Waals surface area (Å²) in [6.07, 6.45) is 3.57. The summed E-state index contributed by atoms with van der Waals surface area (Å²) in [5.74, 6) is 0.963. The van der Waals surface area contributed by atoms with Crippen LogP contribution < -0.4 is 10.2 Å². The van der Waals surface area contributed by atoms with Gasteiger partial charge in [0.1, 0.15) is 5.82 Å². The van der Waals surface area contributed by atoms with Crippen molar-refractivity contribution in [1.29, 1.82) is 0 Å². The van der Waals surface area contributed by atoms with Gasteiger partial charge in [-0.25, -0.2) is 4.68 Å². The fourth-order valence-electron chi connectivity index (χ4n) is 5.08. The van der Waals surface area contributed by atoms with Gasteiger partial charge in [-0.15, -0.1) is 0 Å². The molecule has 2 aliphatic rings. The second-order valence-electron chi connectivity index (χ2n) is 9.68. The maximum atomic E-state index is 12.7. The zero-order valence-electron chi connectivity index (χ0n) is 20.7. The van der Waals surface area contributed by atoms with Gasteiger partial charge in [-0.2, -0.15) is 5.10 Å². The molecule has 1 fully saturated rings. The zero-order chi connectivity index (χ0) is 24.4. The molecule has 5 rings (SSSR count). The van der Waals surface area contributed by atoms with E-state index < -0.39 is 0 Å². The number of nitrogens with zero attached hydrogens (tertiary/aromatic N) is 6. The number of para-hydroxylation sites is 1. The highest BCUT2D eigenvalue weighted by Crippen LogP contribution is 2.33. The molecule has 186 valence electrons. The minimum atomic E-state index is 0.0496. The topological polar surface area (TPSA) is 78.6 Å². The normalized spacial score (nSPS) is 17.2. The number of fused-ring (bicyclic) bond motifs is 2. The first kappa shape index (κ1) is 23.6. The number of aromatic nitrogens is 3. The van der Waals surface area contributed by atoms with Crippen LogP contribution >= 0.6 is 0 Å². The molecule has 0 saturated carbocycles.